The molecule has 0 aliphatic carbocycles. The first-order valence-electron chi connectivity index (χ1n) is 7.48. The Morgan fingerprint density at radius 1 is 1.25 bits per heavy atom. The van der Waals surface area contributed by atoms with Crippen molar-refractivity contribution in [1.29, 1.82) is 0 Å². The van der Waals surface area contributed by atoms with Gasteiger partial charge in [-0.2, -0.15) is 0 Å². The average molecular weight is 326 g/mol. The number of rotatable bonds is 6. The lowest BCUT2D eigenvalue weighted by molar-refractivity contribution is -0.143. The van der Waals surface area contributed by atoms with Gasteiger partial charge < -0.3 is 14.4 Å². The van der Waals surface area contributed by atoms with Gasteiger partial charge in [0.1, 0.15) is 18.1 Å². The molecule has 1 atom stereocenters. The number of fused-ring (bicyclic) bond motifs is 1. The Balaban J connectivity index is 1.93. The molecule has 0 bridgehead atoms. The van der Waals surface area contributed by atoms with Crippen molar-refractivity contribution in [2.24, 2.45) is 0 Å². The first-order chi connectivity index (χ1) is 11.6. The maximum atomic E-state index is 11.8. The number of carboxylic acid groups (broad SMARTS) is 1. The van der Waals surface area contributed by atoms with E-state index in [0.717, 1.165) is 16.5 Å². The Bertz CT molecular complexity index is 845. The highest BCUT2D eigenvalue weighted by atomic mass is 16.5. The molecule has 0 saturated heterocycles. The molecule has 1 heterocycles. The molecule has 0 saturated carbocycles. The van der Waals surface area contributed by atoms with Crippen molar-refractivity contribution in [1.82, 2.24) is 10.1 Å². The summed E-state index contributed by atoms with van der Waals surface area (Å²) in [5.41, 5.74) is 1.40. The second-order valence-corrected chi connectivity index (χ2v) is 5.62. The van der Waals surface area contributed by atoms with Crippen molar-refractivity contribution >= 4 is 16.7 Å². The molecular formula is C18H18N2O4. The topological polar surface area (TPSA) is 75.8 Å². The van der Waals surface area contributed by atoms with Gasteiger partial charge in [0, 0.05) is 12.6 Å². The van der Waals surface area contributed by atoms with Gasteiger partial charge in [0.15, 0.2) is 0 Å². The maximum Gasteiger partial charge on any atom is 0.325 e. The van der Waals surface area contributed by atoms with Crippen LogP contribution < -0.4 is 4.74 Å². The summed E-state index contributed by atoms with van der Waals surface area (Å²) < 4.78 is 10.0. The van der Waals surface area contributed by atoms with E-state index in [9.17, 15) is 9.90 Å². The number of ether oxygens (including phenoxy) is 1. The highest BCUT2D eigenvalue weighted by Gasteiger charge is 2.25. The minimum absolute atomic E-state index is 0.383. The van der Waals surface area contributed by atoms with Crippen LogP contribution in [0.4, 0.5) is 0 Å². The van der Waals surface area contributed by atoms with E-state index in [-0.39, 0.29) is 0 Å². The van der Waals surface area contributed by atoms with E-state index in [2.05, 4.69) is 5.16 Å². The van der Waals surface area contributed by atoms with Gasteiger partial charge in [-0.05, 0) is 41.6 Å². The van der Waals surface area contributed by atoms with E-state index in [1.807, 2.05) is 36.4 Å². The highest BCUT2D eigenvalue weighted by molar-refractivity contribution is 5.86. The molecule has 0 radical (unpaired) electrons. The van der Waals surface area contributed by atoms with Crippen LogP contribution in [0.3, 0.4) is 0 Å². The minimum atomic E-state index is -0.908. The van der Waals surface area contributed by atoms with Gasteiger partial charge in [-0.25, -0.2) is 0 Å². The molecule has 0 unspecified atom stereocenters. The van der Waals surface area contributed by atoms with E-state index in [1.165, 1.54) is 6.26 Å². The molecule has 0 spiro atoms. The number of hydrogen-bond acceptors (Lipinski definition) is 5. The summed E-state index contributed by atoms with van der Waals surface area (Å²) in [6, 6.07) is 12.3. The van der Waals surface area contributed by atoms with Gasteiger partial charge in [0.05, 0.1) is 12.8 Å². The monoisotopic (exact) mass is 326 g/mol. The van der Waals surface area contributed by atoms with Crippen LogP contribution >= 0.6 is 0 Å². The Kier molecular flexibility index (Phi) is 4.48. The molecule has 6 heteroatoms. The van der Waals surface area contributed by atoms with Crippen LogP contribution in [0.2, 0.25) is 0 Å². The van der Waals surface area contributed by atoms with E-state index in [1.54, 1.807) is 25.1 Å². The second-order valence-electron chi connectivity index (χ2n) is 5.62. The van der Waals surface area contributed by atoms with Gasteiger partial charge in [-0.3, -0.25) is 9.69 Å². The van der Waals surface area contributed by atoms with Crippen LogP contribution in [0.15, 0.2) is 53.3 Å². The summed E-state index contributed by atoms with van der Waals surface area (Å²) in [4.78, 5) is 13.5. The van der Waals surface area contributed by atoms with Crippen molar-refractivity contribution in [3.8, 4) is 5.75 Å². The van der Waals surface area contributed by atoms with Gasteiger partial charge in [0.2, 0.25) is 0 Å². The highest BCUT2D eigenvalue weighted by Crippen LogP contribution is 2.27. The van der Waals surface area contributed by atoms with Gasteiger partial charge in [-0.15, -0.1) is 0 Å². The minimum Gasteiger partial charge on any atom is -0.497 e. The fraction of sp³-hybridized carbons (Fsp3) is 0.222. The molecule has 6 nitrogen and oxygen atoms in total. The first kappa shape index (κ1) is 16.0. The summed E-state index contributed by atoms with van der Waals surface area (Å²) in [5.74, 6) is -0.137. The normalized spacial score (nSPS) is 12.5. The summed E-state index contributed by atoms with van der Waals surface area (Å²) in [6.45, 7) is 0.383. The lowest BCUT2D eigenvalue weighted by atomic mass is 10.0. The largest absolute Gasteiger partial charge is 0.497 e. The summed E-state index contributed by atoms with van der Waals surface area (Å²) >= 11 is 0. The molecule has 1 aromatic heterocycles. The number of hydrogen-bond donors (Lipinski definition) is 1. The third kappa shape index (κ3) is 3.23. The molecule has 3 aromatic rings. The molecule has 24 heavy (non-hydrogen) atoms. The number of carbonyl (C=O) groups is 1. The van der Waals surface area contributed by atoms with Gasteiger partial charge >= 0.3 is 5.97 Å². The van der Waals surface area contributed by atoms with Crippen LogP contribution in [0, 0.1) is 0 Å². The number of nitrogens with zero attached hydrogens (tertiary/aromatic N) is 2. The fourth-order valence-corrected chi connectivity index (χ4v) is 2.79. The zero-order valence-corrected chi connectivity index (χ0v) is 13.5. The van der Waals surface area contributed by atoms with Crippen molar-refractivity contribution in [2.75, 3.05) is 14.2 Å². The van der Waals surface area contributed by atoms with E-state index < -0.39 is 12.0 Å². The third-order valence-corrected chi connectivity index (χ3v) is 3.96. The maximum absolute atomic E-state index is 11.8. The van der Waals surface area contributed by atoms with Crippen LogP contribution in [-0.2, 0) is 11.3 Å². The fourth-order valence-electron chi connectivity index (χ4n) is 2.79. The predicted octanol–water partition coefficient (Wildman–Crippen LogP) is 3.09. The summed E-state index contributed by atoms with van der Waals surface area (Å²) in [6.07, 6.45) is 1.47. The van der Waals surface area contributed by atoms with E-state index in [4.69, 9.17) is 9.26 Å². The number of carboxylic acids is 1. The Hall–Kier alpha value is -2.86. The SMILES string of the molecule is COc1ccc2cc([C@@H](C(=O)O)N(C)Cc3ccon3)ccc2c1. The Morgan fingerprint density at radius 3 is 2.67 bits per heavy atom. The first-order valence-corrected chi connectivity index (χ1v) is 7.48. The van der Waals surface area contributed by atoms with Crippen molar-refractivity contribution in [3.63, 3.8) is 0 Å². The van der Waals surface area contributed by atoms with Gasteiger partial charge in [-0.1, -0.05) is 23.4 Å². The quantitative estimate of drug-likeness (QED) is 0.750. The number of aromatic nitrogens is 1. The smallest absolute Gasteiger partial charge is 0.325 e. The summed E-state index contributed by atoms with van der Waals surface area (Å²) in [7, 11) is 3.38. The van der Waals surface area contributed by atoms with Crippen LogP contribution in [0.1, 0.15) is 17.3 Å². The van der Waals surface area contributed by atoms with E-state index in [0.29, 0.717) is 17.8 Å². The number of likely N-dealkylation sites (N-methyl/N-ethyl adjacent to an activating group) is 1. The zero-order valence-electron chi connectivity index (χ0n) is 13.5. The van der Waals surface area contributed by atoms with Crippen LogP contribution in [-0.4, -0.2) is 35.3 Å². The van der Waals surface area contributed by atoms with Crippen LogP contribution in [0.5, 0.6) is 5.75 Å². The molecular weight excluding hydrogens is 308 g/mol. The molecule has 0 aliphatic heterocycles. The van der Waals surface area contributed by atoms with Crippen molar-refractivity contribution in [3.05, 3.63) is 60.0 Å². The Labute approximate surface area is 139 Å². The number of benzene rings is 2. The number of methoxy groups -OCH3 is 1. The predicted molar refractivity (Wildman–Crippen MR) is 88.8 cm³/mol. The lowest BCUT2D eigenvalue weighted by Crippen LogP contribution is -2.30. The molecule has 0 fully saturated rings. The Morgan fingerprint density at radius 2 is 2.00 bits per heavy atom. The molecule has 0 aliphatic rings. The molecule has 3 rings (SSSR count). The number of aliphatic carboxylic acids is 1. The lowest BCUT2D eigenvalue weighted by Gasteiger charge is -2.24. The average Bonchev–Trinajstić information content (AvgIpc) is 3.07. The van der Waals surface area contributed by atoms with Crippen molar-refractivity contribution < 1.29 is 19.2 Å². The van der Waals surface area contributed by atoms with E-state index >= 15 is 0 Å². The molecule has 1 N–H and O–H groups in total. The van der Waals surface area contributed by atoms with Crippen molar-refractivity contribution in [2.45, 2.75) is 12.6 Å². The second kappa shape index (κ2) is 6.72. The summed E-state index contributed by atoms with van der Waals surface area (Å²) in [5, 5.41) is 15.5. The van der Waals surface area contributed by atoms with Gasteiger partial charge in [0.25, 0.3) is 0 Å². The molecule has 0 amide bonds. The third-order valence-electron chi connectivity index (χ3n) is 3.96. The molecule has 2 aromatic carbocycles. The van der Waals surface area contributed by atoms with Crippen LogP contribution in [0.25, 0.3) is 10.8 Å². The zero-order chi connectivity index (χ0) is 17.1. The molecule has 124 valence electrons. The standard InChI is InChI=1S/C18H18N2O4/c1-20(11-15-7-8-24-19-15)17(18(21)22)14-4-3-13-10-16(23-2)6-5-12(13)9-14/h3-10,17H,11H2,1-2H3,(H,21,22)/t17-/m0/s1.